The standard InChI is InChI=1S/C12H26N4O/c1-15-5-7-16(8-6-15)14-12(11-13)3-2-9-17-10-4-12/h14H,2-11,13H2,1H3. The number of likely N-dealkylation sites (N-methyl/N-ethyl adjacent to an activating group) is 1. The highest BCUT2D eigenvalue weighted by atomic mass is 16.5. The topological polar surface area (TPSA) is 53.8 Å². The molecule has 0 aromatic rings. The van der Waals surface area contributed by atoms with Crippen LogP contribution in [-0.2, 0) is 4.74 Å². The summed E-state index contributed by atoms with van der Waals surface area (Å²) in [6, 6.07) is 0. The Labute approximate surface area is 104 Å². The van der Waals surface area contributed by atoms with Gasteiger partial charge in [-0.1, -0.05) is 0 Å². The second-order valence-electron chi connectivity index (χ2n) is 5.35. The Balaban J connectivity index is 1.89. The molecule has 2 heterocycles. The lowest BCUT2D eigenvalue weighted by Gasteiger charge is -2.41. The summed E-state index contributed by atoms with van der Waals surface area (Å²) in [5, 5.41) is 2.35. The average Bonchev–Trinajstić information content (AvgIpc) is 2.58. The van der Waals surface area contributed by atoms with Crippen molar-refractivity contribution < 1.29 is 4.74 Å². The Hall–Kier alpha value is -0.200. The molecule has 0 amide bonds. The van der Waals surface area contributed by atoms with E-state index in [1.54, 1.807) is 0 Å². The summed E-state index contributed by atoms with van der Waals surface area (Å²) in [6.07, 6.45) is 3.25. The van der Waals surface area contributed by atoms with Crippen LogP contribution in [0.2, 0.25) is 0 Å². The number of nitrogens with two attached hydrogens (primary N) is 1. The van der Waals surface area contributed by atoms with Gasteiger partial charge in [0.15, 0.2) is 0 Å². The SMILES string of the molecule is CN1CCN(NC2(CN)CCCOCC2)CC1. The molecule has 0 bridgehead atoms. The zero-order valence-corrected chi connectivity index (χ0v) is 11.0. The molecule has 2 rings (SSSR count). The van der Waals surface area contributed by atoms with Crippen molar-refractivity contribution >= 4 is 0 Å². The number of rotatable bonds is 3. The van der Waals surface area contributed by atoms with Crippen molar-refractivity contribution in [1.82, 2.24) is 15.3 Å². The molecule has 2 aliphatic rings. The van der Waals surface area contributed by atoms with Crippen LogP contribution in [0.4, 0.5) is 0 Å². The van der Waals surface area contributed by atoms with Gasteiger partial charge in [-0.3, -0.25) is 0 Å². The number of hydrogen-bond acceptors (Lipinski definition) is 5. The van der Waals surface area contributed by atoms with E-state index in [0.717, 1.165) is 58.7 Å². The Bertz CT molecular complexity index is 221. The van der Waals surface area contributed by atoms with Crippen molar-refractivity contribution in [2.75, 3.05) is 53.0 Å². The third kappa shape index (κ3) is 3.63. The summed E-state index contributed by atoms with van der Waals surface area (Å²) in [6.45, 7) is 6.83. The molecule has 5 nitrogen and oxygen atoms in total. The first-order valence-corrected chi connectivity index (χ1v) is 6.73. The van der Waals surface area contributed by atoms with Crippen LogP contribution in [0.25, 0.3) is 0 Å². The number of hydrogen-bond donors (Lipinski definition) is 2. The molecule has 0 radical (unpaired) electrons. The summed E-state index contributed by atoms with van der Waals surface area (Å²) < 4.78 is 5.54. The lowest BCUT2D eigenvalue weighted by atomic mass is 9.91. The van der Waals surface area contributed by atoms with Gasteiger partial charge in [0.25, 0.3) is 0 Å². The van der Waals surface area contributed by atoms with E-state index in [9.17, 15) is 0 Å². The van der Waals surface area contributed by atoms with Crippen LogP contribution in [0.3, 0.4) is 0 Å². The van der Waals surface area contributed by atoms with E-state index in [0.29, 0.717) is 6.54 Å². The smallest absolute Gasteiger partial charge is 0.0484 e. The van der Waals surface area contributed by atoms with Crippen LogP contribution in [0.1, 0.15) is 19.3 Å². The van der Waals surface area contributed by atoms with Crippen molar-refractivity contribution in [1.29, 1.82) is 0 Å². The van der Waals surface area contributed by atoms with E-state index in [-0.39, 0.29) is 5.54 Å². The minimum absolute atomic E-state index is 0.0619. The Morgan fingerprint density at radius 3 is 2.65 bits per heavy atom. The maximum absolute atomic E-state index is 6.00. The van der Waals surface area contributed by atoms with Crippen molar-refractivity contribution in [3.63, 3.8) is 0 Å². The monoisotopic (exact) mass is 242 g/mol. The van der Waals surface area contributed by atoms with Gasteiger partial charge in [-0.15, -0.1) is 0 Å². The van der Waals surface area contributed by atoms with Gasteiger partial charge >= 0.3 is 0 Å². The molecule has 0 aromatic heterocycles. The molecule has 2 aliphatic heterocycles. The fourth-order valence-electron chi connectivity index (χ4n) is 2.62. The molecule has 5 heteroatoms. The molecule has 2 saturated heterocycles. The van der Waals surface area contributed by atoms with Gasteiger partial charge in [-0.2, -0.15) is 0 Å². The molecule has 2 fully saturated rings. The molecular weight excluding hydrogens is 216 g/mol. The zero-order valence-electron chi connectivity index (χ0n) is 11.0. The summed E-state index contributed by atoms with van der Waals surface area (Å²) in [7, 11) is 2.18. The van der Waals surface area contributed by atoms with Crippen LogP contribution in [0, 0.1) is 0 Å². The predicted octanol–water partition coefficient (Wildman–Crippen LogP) is -0.364. The molecule has 0 saturated carbocycles. The molecule has 1 unspecified atom stereocenters. The first kappa shape index (κ1) is 13.2. The first-order chi connectivity index (χ1) is 8.24. The third-order valence-electron chi connectivity index (χ3n) is 3.96. The first-order valence-electron chi connectivity index (χ1n) is 6.73. The van der Waals surface area contributed by atoms with Gasteiger partial charge in [0.05, 0.1) is 0 Å². The number of ether oxygens (including phenoxy) is 1. The summed E-state index contributed by atoms with van der Waals surface area (Å²) in [4.78, 5) is 2.36. The van der Waals surface area contributed by atoms with Crippen LogP contribution >= 0.6 is 0 Å². The van der Waals surface area contributed by atoms with Crippen molar-refractivity contribution in [2.24, 2.45) is 5.73 Å². The highest BCUT2D eigenvalue weighted by Crippen LogP contribution is 2.21. The molecule has 0 aromatic carbocycles. The summed E-state index contributed by atoms with van der Waals surface area (Å²) in [5.74, 6) is 0. The summed E-state index contributed by atoms with van der Waals surface area (Å²) in [5.41, 5.74) is 9.74. The van der Waals surface area contributed by atoms with Gasteiger partial charge in [0.2, 0.25) is 0 Å². The van der Waals surface area contributed by atoms with Gasteiger partial charge in [-0.25, -0.2) is 10.4 Å². The molecule has 0 spiro atoms. The van der Waals surface area contributed by atoms with E-state index in [1.165, 1.54) is 0 Å². The van der Waals surface area contributed by atoms with Gasteiger partial charge < -0.3 is 15.4 Å². The molecular formula is C12H26N4O. The van der Waals surface area contributed by atoms with E-state index in [4.69, 9.17) is 10.5 Å². The fraction of sp³-hybridized carbons (Fsp3) is 1.00. The van der Waals surface area contributed by atoms with Crippen LogP contribution in [-0.4, -0.2) is 68.4 Å². The van der Waals surface area contributed by atoms with Crippen LogP contribution < -0.4 is 11.2 Å². The van der Waals surface area contributed by atoms with Crippen LogP contribution in [0.15, 0.2) is 0 Å². The van der Waals surface area contributed by atoms with Crippen LogP contribution in [0.5, 0.6) is 0 Å². The molecule has 100 valence electrons. The van der Waals surface area contributed by atoms with Crippen molar-refractivity contribution in [3.05, 3.63) is 0 Å². The van der Waals surface area contributed by atoms with Gasteiger partial charge in [-0.05, 0) is 26.3 Å². The van der Waals surface area contributed by atoms with Crippen molar-refractivity contribution in [2.45, 2.75) is 24.8 Å². The van der Waals surface area contributed by atoms with Gasteiger partial charge in [0, 0.05) is 51.5 Å². The minimum atomic E-state index is 0.0619. The number of piperazine rings is 1. The Morgan fingerprint density at radius 2 is 1.94 bits per heavy atom. The number of nitrogens with one attached hydrogen (secondary N) is 1. The molecule has 3 N–H and O–H groups in total. The normalized spacial score (nSPS) is 33.5. The van der Waals surface area contributed by atoms with Gasteiger partial charge in [0.1, 0.15) is 0 Å². The second-order valence-corrected chi connectivity index (χ2v) is 5.35. The highest BCUT2D eigenvalue weighted by Gasteiger charge is 2.32. The maximum atomic E-state index is 6.00. The van der Waals surface area contributed by atoms with Crippen molar-refractivity contribution in [3.8, 4) is 0 Å². The van der Waals surface area contributed by atoms with E-state index in [1.807, 2.05) is 0 Å². The molecule has 17 heavy (non-hydrogen) atoms. The largest absolute Gasteiger partial charge is 0.381 e. The Morgan fingerprint density at radius 1 is 1.18 bits per heavy atom. The number of hydrazine groups is 1. The Kier molecular flexibility index (Phi) is 4.76. The number of nitrogens with zero attached hydrogens (tertiary/aromatic N) is 2. The molecule has 0 aliphatic carbocycles. The lowest BCUT2D eigenvalue weighted by Crippen LogP contribution is -2.62. The van der Waals surface area contributed by atoms with E-state index < -0.39 is 0 Å². The molecule has 1 atom stereocenters. The minimum Gasteiger partial charge on any atom is -0.381 e. The third-order valence-corrected chi connectivity index (χ3v) is 3.96. The second kappa shape index (κ2) is 6.11. The zero-order chi connectivity index (χ0) is 12.1. The summed E-state index contributed by atoms with van der Waals surface area (Å²) >= 11 is 0. The van der Waals surface area contributed by atoms with E-state index in [2.05, 4.69) is 22.4 Å². The lowest BCUT2D eigenvalue weighted by molar-refractivity contribution is 0.0450. The average molecular weight is 242 g/mol. The predicted molar refractivity (Wildman–Crippen MR) is 68.7 cm³/mol. The fourth-order valence-corrected chi connectivity index (χ4v) is 2.62. The quantitative estimate of drug-likeness (QED) is 0.708. The highest BCUT2D eigenvalue weighted by molar-refractivity contribution is 4.90. The van der Waals surface area contributed by atoms with E-state index >= 15 is 0 Å². The maximum Gasteiger partial charge on any atom is 0.0484 e.